The van der Waals surface area contributed by atoms with Gasteiger partial charge >= 0.3 is 6.09 Å². The van der Waals surface area contributed by atoms with E-state index in [4.69, 9.17) is 4.74 Å². The predicted octanol–water partition coefficient (Wildman–Crippen LogP) is 9.39. The zero-order valence-corrected chi connectivity index (χ0v) is 28.8. The quantitative estimate of drug-likeness (QED) is 0.165. The molecule has 4 aromatic rings. The molecule has 5 nitrogen and oxygen atoms in total. The smallest absolute Gasteiger partial charge is 0.410 e. The van der Waals surface area contributed by atoms with Crippen LogP contribution >= 0.6 is 11.3 Å². The number of amides is 1. The van der Waals surface area contributed by atoms with Crippen LogP contribution in [0.4, 0.5) is 4.79 Å². The summed E-state index contributed by atoms with van der Waals surface area (Å²) in [5, 5.41) is 13.0. The van der Waals surface area contributed by atoms with Gasteiger partial charge in [-0.05, 0) is 104 Å². The number of fused-ring (bicyclic) bond motifs is 8. The van der Waals surface area contributed by atoms with Gasteiger partial charge in [0.05, 0.1) is 12.6 Å². The normalized spacial score (nSPS) is 25.9. The van der Waals surface area contributed by atoms with Crippen LogP contribution in [0.2, 0.25) is 0 Å². The summed E-state index contributed by atoms with van der Waals surface area (Å²) in [6, 6.07) is 28.5. The standard InChI is InChI=1S/C42H45NO4S/c1-29-8-6-22-41(2)38(20-23-42(41)28-43(40(46)47-42)24-21-35-11-7-25-48-35)36-19-13-30(26-34(44)18-12-29)27-37(36)39(45)33-16-14-32(15-17-33)31-9-4-3-5-10-31/h3-5,7-11,13-17,19,25,27,34,38,44H,6,12,18,20-24,26,28H2,1-2H3/t34-,38-,41-,42+/m0/s1. The Kier molecular flexibility index (Phi) is 9.14. The Bertz CT molecular complexity index is 1800. The van der Waals surface area contributed by atoms with Crippen molar-refractivity contribution >= 4 is 23.2 Å². The molecule has 0 radical (unpaired) electrons. The number of rotatable bonds is 6. The number of carbonyl (C=O) groups is 2. The molecule has 2 heterocycles. The zero-order valence-electron chi connectivity index (χ0n) is 28.0. The number of hydrogen-bond donors (Lipinski definition) is 1. The minimum Gasteiger partial charge on any atom is -0.440 e. The molecule has 4 aliphatic rings. The van der Waals surface area contributed by atoms with Crippen LogP contribution in [0.15, 0.2) is 102 Å². The Morgan fingerprint density at radius 2 is 1.77 bits per heavy atom. The second-order valence-electron chi connectivity index (χ2n) is 14.3. The van der Waals surface area contributed by atoms with Crippen LogP contribution in [0.5, 0.6) is 0 Å². The van der Waals surface area contributed by atoms with E-state index in [1.165, 1.54) is 10.5 Å². The molecule has 248 valence electrons. The van der Waals surface area contributed by atoms with Gasteiger partial charge in [-0.25, -0.2) is 4.79 Å². The number of benzene rings is 3. The van der Waals surface area contributed by atoms with Crippen molar-refractivity contribution < 1.29 is 19.4 Å². The van der Waals surface area contributed by atoms with E-state index in [0.717, 1.165) is 60.8 Å². The maximum Gasteiger partial charge on any atom is 0.410 e. The zero-order chi connectivity index (χ0) is 33.3. The molecule has 4 atom stereocenters. The minimum absolute atomic E-state index is 0.00641. The number of hydrogen-bond acceptors (Lipinski definition) is 5. The number of thiophene rings is 1. The van der Waals surface area contributed by atoms with Gasteiger partial charge in [-0.1, -0.05) is 91.4 Å². The summed E-state index contributed by atoms with van der Waals surface area (Å²) in [4.78, 5) is 31.2. The molecule has 3 aliphatic carbocycles. The number of aliphatic hydroxyl groups is 1. The van der Waals surface area contributed by atoms with Crippen molar-refractivity contribution in [3.63, 3.8) is 0 Å². The average Bonchev–Trinajstić information content (AvgIpc) is 3.81. The lowest BCUT2D eigenvalue weighted by atomic mass is 9.64. The summed E-state index contributed by atoms with van der Waals surface area (Å²) in [5.41, 5.74) is 5.79. The third kappa shape index (κ3) is 6.28. The predicted molar refractivity (Wildman–Crippen MR) is 193 cm³/mol. The first-order valence-corrected chi connectivity index (χ1v) is 18.3. The fourth-order valence-electron chi connectivity index (χ4n) is 8.45. The van der Waals surface area contributed by atoms with Gasteiger partial charge in [0.1, 0.15) is 5.60 Å². The molecule has 0 unspecified atom stereocenters. The third-order valence-corrected chi connectivity index (χ3v) is 12.3. The SMILES string of the molecule is CC1=CCC[C@@]2(C)[C@@H](CC[C@@]23CN(CCc2cccs2)C(=O)O3)c2ccc(cc2C(=O)c2ccc(-c3ccccc3)cc2)C[C@@H](O)CC1. The van der Waals surface area contributed by atoms with Gasteiger partial charge in [0, 0.05) is 28.0 Å². The van der Waals surface area contributed by atoms with Crippen LogP contribution < -0.4 is 0 Å². The lowest BCUT2D eigenvalue weighted by molar-refractivity contribution is -0.0372. The molecule has 1 N–H and O–H groups in total. The summed E-state index contributed by atoms with van der Waals surface area (Å²) in [6.07, 6.45) is 7.72. The monoisotopic (exact) mass is 659 g/mol. The summed E-state index contributed by atoms with van der Waals surface area (Å²) < 4.78 is 6.51. The number of aliphatic hydroxyl groups excluding tert-OH is 1. The van der Waals surface area contributed by atoms with Gasteiger partial charge in [-0.2, -0.15) is 0 Å². The second-order valence-corrected chi connectivity index (χ2v) is 15.3. The second kappa shape index (κ2) is 13.5. The van der Waals surface area contributed by atoms with E-state index in [9.17, 15) is 14.7 Å². The molecular weight excluding hydrogens is 615 g/mol. The van der Waals surface area contributed by atoms with Crippen molar-refractivity contribution in [3.05, 3.63) is 129 Å². The fraction of sp³-hybridized carbons (Fsp3) is 0.381. The molecule has 2 fully saturated rings. The van der Waals surface area contributed by atoms with Crippen LogP contribution in [0, 0.1) is 5.41 Å². The van der Waals surface area contributed by atoms with Crippen LogP contribution in [0.1, 0.15) is 90.2 Å². The number of allylic oxidation sites excluding steroid dienone is 2. The Hall–Kier alpha value is -4.00. The van der Waals surface area contributed by atoms with Crippen LogP contribution in [-0.2, 0) is 17.6 Å². The molecule has 1 aliphatic heterocycles. The van der Waals surface area contributed by atoms with Crippen LogP contribution in [0.25, 0.3) is 11.1 Å². The van der Waals surface area contributed by atoms with Gasteiger partial charge in [-0.3, -0.25) is 4.79 Å². The van der Waals surface area contributed by atoms with Crippen LogP contribution in [0.3, 0.4) is 0 Å². The van der Waals surface area contributed by atoms with E-state index >= 15 is 0 Å². The Morgan fingerprint density at radius 3 is 2.54 bits per heavy atom. The molecule has 1 amide bonds. The van der Waals surface area contributed by atoms with E-state index in [1.54, 1.807) is 11.3 Å². The molecule has 48 heavy (non-hydrogen) atoms. The fourth-order valence-corrected chi connectivity index (χ4v) is 9.15. The Balaban J connectivity index is 1.26. The molecule has 1 aromatic heterocycles. The first-order chi connectivity index (χ1) is 23.2. The van der Waals surface area contributed by atoms with Gasteiger partial charge in [0.25, 0.3) is 0 Å². The van der Waals surface area contributed by atoms with E-state index < -0.39 is 11.7 Å². The lowest BCUT2D eigenvalue weighted by Gasteiger charge is -2.43. The van der Waals surface area contributed by atoms with E-state index in [-0.39, 0.29) is 23.2 Å². The van der Waals surface area contributed by atoms with Gasteiger partial charge in [-0.15, -0.1) is 11.3 Å². The highest BCUT2D eigenvalue weighted by atomic mass is 32.1. The summed E-state index contributed by atoms with van der Waals surface area (Å²) in [6.45, 7) is 5.66. The molecule has 1 spiro atoms. The Morgan fingerprint density at radius 1 is 0.979 bits per heavy atom. The van der Waals surface area contributed by atoms with Crippen LogP contribution in [-0.4, -0.2) is 46.7 Å². The van der Waals surface area contributed by atoms with E-state index in [0.29, 0.717) is 37.1 Å². The molecule has 6 heteroatoms. The van der Waals surface area contributed by atoms with Gasteiger partial charge < -0.3 is 14.7 Å². The highest BCUT2D eigenvalue weighted by Crippen LogP contribution is 2.61. The topological polar surface area (TPSA) is 66.8 Å². The van der Waals surface area contributed by atoms with Crippen molar-refractivity contribution in [2.45, 2.75) is 82.8 Å². The largest absolute Gasteiger partial charge is 0.440 e. The van der Waals surface area contributed by atoms with E-state index in [1.807, 2.05) is 53.4 Å². The highest BCUT2D eigenvalue weighted by molar-refractivity contribution is 7.09. The molecular formula is C42H45NO4S. The number of nitrogens with zero attached hydrogens (tertiary/aromatic N) is 1. The van der Waals surface area contributed by atoms with Gasteiger partial charge in [0.15, 0.2) is 5.78 Å². The average molecular weight is 660 g/mol. The van der Waals surface area contributed by atoms with Crippen molar-refractivity contribution in [1.82, 2.24) is 4.90 Å². The molecule has 3 aromatic carbocycles. The van der Waals surface area contributed by atoms with Crippen molar-refractivity contribution in [2.24, 2.45) is 5.41 Å². The number of ketones is 1. The first-order valence-electron chi connectivity index (χ1n) is 17.4. The van der Waals surface area contributed by atoms with E-state index in [2.05, 4.69) is 61.7 Å². The van der Waals surface area contributed by atoms with Crippen molar-refractivity contribution in [3.8, 4) is 11.1 Å². The highest BCUT2D eigenvalue weighted by Gasteiger charge is 2.63. The molecule has 1 saturated carbocycles. The molecule has 1 saturated heterocycles. The van der Waals surface area contributed by atoms with Crippen molar-refractivity contribution in [2.75, 3.05) is 13.1 Å². The molecule has 8 rings (SSSR count). The maximum atomic E-state index is 14.5. The lowest BCUT2D eigenvalue weighted by Crippen LogP contribution is -2.48. The minimum atomic E-state index is -0.629. The maximum absolute atomic E-state index is 14.5. The summed E-state index contributed by atoms with van der Waals surface area (Å²) >= 11 is 1.72. The summed E-state index contributed by atoms with van der Waals surface area (Å²) in [7, 11) is 0. The Labute approximate surface area is 288 Å². The third-order valence-electron chi connectivity index (χ3n) is 11.3. The first kappa shape index (κ1) is 32.5. The summed E-state index contributed by atoms with van der Waals surface area (Å²) in [5.74, 6) is 0.0220. The van der Waals surface area contributed by atoms with Crippen molar-refractivity contribution in [1.29, 1.82) is 0 Å². The van der Waals surface area contributed by atoms with Gasteiger partial charge in [0.2, 0.25) is 0 Å². The number of ether oxygens (including phenoxy) is 1. The number of carbonyl (C=O) groups excluding carboxylic acids is 2. The molecule has 2 bridgehead atoms.